The number of thiazole rings is 1. The van der Waals surface area contributed by atoms with Crippen molar-refractivity contribution in [2.75, 3.05) is 18.4 Å². The van der Waals surface area contributed by atoms with Crippen LogP contribution in [0.1, 0.15) is 5.01 Å². The van der Waals surface area contributed by atoms with Gasteiger partial charge in [-0.15, -0.1) is 11.3 Å². The summed E-state index contributed by atoms with van der Waals surface area (Å²) in [6.07, 6.45) is 1.84. The van der Waals surface area contributed by atoms with E-state index in [1.165, 1.54) is 5.69 Å². The standard InChI is InChI=1S/C12H15N3S/c1-2-4-11(5-3-1)14-7-6-13-10-12-15-8-9-16-12/h1-5,8-9,13-14H,6-7,10H2. The van der Waals surface area contributed by atoms with Crippen molar-refractivity contribution in [3.05, 3.63) is 46.9 Å². The molecule has 0 aliphatic heterocycles. The summed E-state index contributed by atoms with van der Waals surface area (Å²) in [6, 6.07) is 10.2. The summed E-state index contributed by atoms with van der Waals surface area (Å²) >= 11 is 1.68. The molecule has 0 atom stereocenters. The second-order valence-corrected chi connectivity index (χ2v) is 4.37. The highest BCUT2D eigenvalue weighted by Gasteiger charge is 1.93. The predicted molar refractivity (Wildman–Crippen MR) is 68.8 cm³/mol. The van der Waals surface area contributed by atoms with Gasteiger partial charge in [0.2, 0.25) is 0 Å². The van der Waals surface area contributed by atoms with E-state index in [1.54, 1.807) is 11.3 Å². The Hall–Kier alpha value is -1.39. The Morgan fingerprint density at radius 2 is 2.00 bits per heavy atom. The highest BCUT2D eigenvalue weighted by molar-refractivity contribution is 7.09. The fourth-order valence-corrected chi connectivity index (χ4v) is 1.97. The van der Waals surface area contributed by atoms with Crippen LogP contribution in [0.5, 0.6) is 0 Å². The first-order valence-corrected chi connectivity index (χ1v) is 6.21. The predicted octanol–water partition coefficient (Wildman–Crippen LogP) is 2.34. The topological polar surface area (TPSA) is 37.0 Å². The molecule has 0 spiro atoms. The van der Waals surface area contributed by atoms with Crippen LogP contribution >= 0.6 is 11.3 Å². The Bertz CT molecular complexity index is 386. The first-order valence-electron chi connectivity index (χ1n) is 5.33. The number of aromatic nitrogens is 1. The molecule has 0 amide bonds. The van der Waals surface area contributed by atoms with Gasteiger partial charge in [-0.1, -0.05) is 18.2 Å². The lowest BCUT2D eigenvalue weighted by Gasteiger charge is -2.06. The molecule has 0 bridgehead atoms. The monoisotopic (exact) mass is 233 g/mol. The average molecular weight is 233 g/mol. The number of hydrogen-bond donors (Lipinski definition) is 2. The van der Waals surface area contributed by atoms with Crippen LogP contribution in [0.4, 0.5) is 5.69 Å². The molecular weight excluding hydrogens is 218 g/mol. The highest BCUT2D eigenvalue weighted by atomic mass is 32.1. The van der Waals surface area contributed by atoms with Gasteiger partial charge in [0.25, 0.3) is 0 Å². The number of rotatable bonds is 6. The Kier molecular flexibility index (Phi) is 4.34. The van der Waals surface area contributed by atoms with Gasteiger partial charge in [-0.3, -0.25) is 0 Å². The number of hydrogen-bond acceptors (Lipinski definition) is 4. The van der Waals surface area contributed by atoms with Crippen molar-refractivity contribution in [3.63, 3.8) is 0 Å². The van der Waals surface area contributed by atoms with E-state index in [0.29, 0.717) is 0 Å². The molecule has 0 saturated heterocycles. The lowest BCUT2D eigenvalue weighted by Crippen LogP contribution is -2.21. The zero-order valence-corrected chi connectivity index (χ0v) is 9.83. The van der Waals surface area contributed by atoms with E-state index >= 15 is 0 Å². The van der Waals surface area contributed by atoms with Gasteiger partial charge in [0.1, 0.15) is 5.01 Å². The Labute approximate surface area is 99.5 Å². The molecule has 3 nitrogen and oxygen atoms in total. The van der Waals surface area contributed by atoms with Crippen molar-refractivity contribution in [2.45, 2.75) is 6.54 Å². The number of nitrogens with one attached hydrogen (secondary N) is 2. The Morgan fingerprint density at radius 3 is 2.75 bits per heavy atom. The summed E-state index contributed by atoms with van der Waals surface area (Å²) in [7, 11) is 0. The van der Waals surface area contributed by atoms with E-state index in [-0.39, 0.29) is 0 Å². The molecule has 1 aromatic heterocycles. The third kappa shape index (κ3) is 3.64. The number of benzene rings is 1. The lowest BCUT2D eigenvalue weighted by molar-refractivity contribution is 0.703. The van der Waals surface area contributed by atoms with Crippen molar-refractivity contribution in [1.82, 2.24) is 10.3 Å². The summed E-state index contributed by atoms with van der Waals surface area (Å²) in [5.41, 5.74) is 1.17. The van der Waals surface area contributed by atoms with E-state index in [1.807, 2.05) is 29.8 Å². The molecule has 0 aliphatic rings. The van der Waals surface area contributed by atoms with Gasteiger partial charge in [0, 0.05) is 36.9 Å². The first-order chi connectivity index (χ1) is 7.95. The summed E-state index contributed by atoms with van der Waals surface area (Å²) in [5, 5.41) is 9.83. The molecule has 0 saturated carbocycles. The fraction of sp³-hybridized carbons (Fsp3) is 0.250. The van der Waals surface area contributed by atoms with Crippen LogP contribution in [0.2, 0.25) is 0 Å². The fourth-order valence-electron chi connectivity index (χ4n) is 1.39. The van der Waals surface area contributed by atoms with Crippen LogP contribution in [0.15, 0.2) is 41.9 Å². The molecule has 2 aromatic rings. The lowest BCUT2D eigenvalue weighted by atomic mass is 10.3. The molecule has 1 heterocycles. The van der Waals surface area contributed by atoms with Crippen LogP contribution in [0.3, 0.4) is 0 Å². The number of nitrogens with zero attached hydrogens (tertiary/aromatic N) is 1. The largest absolute Gasteiger partial charge is 0.384 e. The molecule has 84 valence electrons. The zero-order valence-electron chi connectivity index (χ0n) is 9.02. The van der Waals surface area contributed by atoms with Crippen molar-refractivity contribution in [2.24, 2.45) is 0 Å². The molecule has 2 rings (SSSR count). The van der Waals surface area contributed by atoms with Gasteiger partial charge in [-0.25, -0.2) is 4.98 Å². The van der Waals surface area contributed by atoms with Crippen LogP contribution in [0.25, 0.3) is 0 Å². The number of anilines is 1. The summed E-state index contributed by atoms with van der Waals surface area (Å²) in [4.78, 5) is 4.21. The van der Waals surface area contributed by atoms with Crippen molar-refractivity contribution >= 4 is 17.0 Å². The molecule has 0 unspecified atom stereocenters. The molecule has 16 heavy (non-hydrogen) atoms. The quantitative estimate of drug-likeness (QED) is 0.752. The van der Waals surface area contributed by atoms with Gasteiger partial charge in [0.05, 0.1) is 0 Å². The van der Waals surface area contributed by atoms with Gasteiger partial charge < -0.3 is 10.6 Å². The molecule has 0 radical (unpaired) electrons. The summed E-state index contributed by atoms with van der Waals surface area (Å²) < 4.78 is 0. The van der Waals surface area contributed by atoms with Crippen LogP contribution in [0, 0.1) is 0 Å². The SMILES string of the molecule is c1ccc(NCCNCc2nccs2)cc1. The van der Waals surface area contributed by atoms with Gasteiger partial charge in [-0.2, -0.15) is 0 Å². The van der Waals surface area contributed by atoms with E-state index in [4.69, 9.17) is 0 Å². The van der Waals surface area contributed by atoms with Crippen molar-refractivity contribution in [1.29, 1.82) is 0 Å². The third-order valence-corrected chi connectivity index (χ3v) is 2.94. The van der Waals surface area contributed by atoms with Gasteiger partial charge in [-0.05, 0) is 12.1 Å². The smallest absolute Gasteiger partial charge is 0.106 e. The Morgan fingerprint density at radius 1 is 1.12 bits per heavy atom. The van der Waals surface area contributed by atoms with Crippen LogP contribution in [-0.4, -0.2) is 18.1 Å². The van der Waals surface area contributed by atoms with Gasteiger partial charge >= 0.3 is 0 Å². The second kappa shape index (κ2) is 6.25. The molecule has 2 N–H and O–H groups in total. The van der Waals surface area contributed by atoms with E-state index < -0.39 is 0 Å². The maximum atomic E-state index is 4.21. The van der Waals surface area contributed by atoms with Crippen molar-refractivity contribution < 1.29 is 0 Å². The minimum absolute atomic E-state index is 0.855. The van der Waals surface area contributed by atoms with E-state index in [0.717, 1.165) is 24.6 Å². The minimum Gasteiger partial charge on any atom is -0.384 e. The molecule has 4 heteroatoms. The normalized spacial score (nSPS) is 10.2. The summed E-state index contributed by atoms with van der Waals surface area (Å²) in [6.45, 7) is 2.72. The third-order valence-electron chi connectivity index (χ3n) is 2.16. The van der Waals surface area contributed by atoms with E-state index in [9.17, 15) is 0 Å². The second-order valence-electron chi connectivity index (χ2n) is 3.40. The summed E-state index contributed by atoms with van der Waals surface area (Å²) in [5.74, 6) is 0. The maximum absolute atomic E-state index is 4.21. The van der Waals surface area contributed by atoms with Crippen LogP contribution < -0.4 is 10.6 Å². The molecule has 0 fully saturated rings. The van der Waals surface area contributed by atoms with E-state index in [2.05, 4.69) is 27.8 Å². The number of para-hydroxylation sites is 1. The molecule has 1 aromatic carbocycles. The average Bonchev–Trinajstić information content (AvgIpc) is 2.83. The van der Waals surface area contributed by atoms with Gasteiger partial charge in [0.15, 0.2) is 0 Å². The minimum atomic E-state index is 0.855. The maximum Gasteiger partial charge on any atom is 0.106 e. The first kappa shape index (κ1) is 11.1. The Balaban J connectivity index is 1.59. The van der Waals surface area contributed by atoms with Crippen LogP contribution in [-0.2, 0) is 6.54 Å². The molecule has 0 aliphatic carbocycles. The zero-order chi connectivity index (χ0) is 11.1. The highest BCUT2D eigenvalue weighted by Crippen LogP contribution is 2.04. The molecular formula is C12H15N3S. The van der Waals surface area contributed by atoms with Crippen molar-refractivity contribution in [3.8, 4) is 0 Å².